The monoisotopic (exact) mass is 488 g/mol. The van der Waals surface area contributed by atoms with Gasteiger partial charge in [-0.1, -0.05) is 60.7 Å². The number of fused-ring (bicyclic) bond motifs is 2. The quantitative estimate of drug-likeness (QED) is 0.132. The summed E-state index contributed by atoms with van der Waals surface area (Å²) < 4.78 is 113. The third-order valence-corrected chi connectivity index (χ3v) is 5.85. The Morgan fingerprint density at radius 3 is 1.54 bits per heavy atom. The molecule has 0 amide bonds. The van der Waals surface area contributed by atoms with Crippen LogP contribution in [0.4, 0.5) is 35.1 Å². The Hall–Kier alpha value is -3.94. The van der Waals surface area contributed by atoms with E-state index in [0.29, 0.717) is 16.5 Å². The second kappa shape index (κ2) is 8.08. The van der Waals surface area contributed by atoms with E-state index in [0.717, 1.165) is 12.1 Å². The van der Waals surface area contributed by atoms with E-state index in [4.69, 9.17) is 0 Å². The molecule has 0 unspecified atom stereocenters. The lowest BCUT2D eigenvalue weighted by Crippen LogP contribution is -2.16. The van der Waals surface area contributed by atoms with Crippen LogP contribution < -0.4 is 0 Å². The number of hydrogen-bond acceptors (Lipinski definition) is 0. The third-order valence-electron chi connectivity index (χ3n) is 5.85. The Morgan fingerprint density at radius 1 is 0.457 bits per heavy atom. The summed E-state index contributed by atoms with van der Waals surface area (Å²) in [5.74, 6) is -10.2. The summed E-state index contributed by atoms with van der Waals surface area (Å²) in [5.41, 5.74) is -3.25. The first kappa shape index (κ1) is 22.8. The van der Waals surface area contributed by atoms with E-state index in [1.165, 1.54) is 18.2 Å². The fourth-order valence-corrected chi connectivity index (χ4v) is 4.44. The maximum atomic E-state index is 15.1. The van der Waals surface area contributed by atoms with Crippen LogP contribution in [0, 0.1) is 29.1 Å². The first-order valence-corrected chi connectivity index (χ1v) is 10.2. The zero-order chi connectivity index (χ0) is 25.1. The van der Waals surface area contributed by atoms with Crippen molar-refractivity contribution in [3.63, 3.8) is 0 Å². The van der Waals surface area contributed by atoms with Crippen molar-refractivity contribution in [2.75, 3.05) is 0 Å². The molecular weight excluding hydrogens is 476 g/mol. The van der Waals surface area contributed by atoms with Gasteiger partial charge < -0.3 is 0 Å². The van der Waals surface area contributed by atoms with Crippen LogP contribution in [0.25, 0.3) is 43.8 Å². The highest BCUT2D eigenvalue weighted by atomic mass is 19.4. The fourth-order valence-electron chi connectivity index (χ4n) is 4.44. The highest BCUT2D eigenvalue weighted by Crippen LogP contribution is 2.47. The van der Waals surface area contributed by atoms with E-state index >= 15 is 8.78 Å². The van der Waals surface area contributed by atoms with Gasteiger partial charge in [0.05, 0.1) is 5.56 Å². The minimum atomic E-state index is -5.67. The number of benzene rings is 5. The van der Waals surface area contributed by atoms with Crippen molar-refractivity contribution in [3.05, 3.63) is 107 Å². The van der Waals surface area contributed by atoms with Gasteiger partial charge in [0.25, 0.3) is 0 Å². The van der Waals surface area contributed by atoms with E-state index in [1.807, 2.05) is 0 Å². The van der Waals surface area contributed by atoms with Crippen LogP contribution >= 0.6 is 0 Å². The van der Waals surface area contributed by atoms with Crippen molar-refractivity contribution >= 4 is 21.5 Å². The molecule has 0 aromatic heterocycles. The van der Waals surface area contributed by atoms with Gasteiger partial charge in [-0.25, -0.2) is 22.0 Å². The molecule has 0 aliphatic carbocycles. The Morgan fingerprint density at radius 2 is 0.971 bits per heavy atom. The lowest BCUT2D eigenvalue weighted by molar-refractivity contribution is -0.143. The van der Waals surface area contributed by atoms with Gasteiger partial charge in [-0.15, -0.1) is 0 Å². The Kier molecular flexibility index (Phi) is 5.27. The normalized spacial score (nSPS) is 12.0. The predicted octanol–water partition coefficient (Wildman–Crippen LogP) is 9.04. The molecule has 35 heavy (non-hydrogen) atoms. The second-order valence-electron chi connectivity index (χ2n) is 7.86. The Balaban J connectivity index is 2.03. The van der Waals surface area contributed by atoms with Gasteiger partial charge in [0.1, 0.15) is 11.4 Å². The Labute approximate surface area is 193 Å². The summed E-state index contributed by atoms with van der Waals surface area (Å²) >= 11 is 0. The van der Waals surface area contributed by atoms with E-state index in [2.05, 4.69) is 0 Å². The van der Waals surface area contributed by atoms with E-state index < -0.39 is 52.0 Å². The zero-order valence-electron chi connectivity index (χ0n) is 17.5. The van der Waals surface area contributed by atoms with Crippen molar-refractivity contribution in [2.24, 2.45) is 0 Å². The Bertz CT molecular complexity index is 1590. The topological polar surface area (TPSA) is 0 Å². The molecule has 0 N–H and O–H groups in total. The molecule has 8 heteroatoms. The van der Waals surface area contributed by atoms with E-state index in [9.17, 15) is 26.3 Å². The van der Waals surface area contributed by atoms with Crippen LogP contribution in [0.2, 0.25) is 0 Å². The molecule has 0 radical (unpaired) electrons. The van der Waals surface area contributed by atoms with Gasteiger partial charge in [-0.05, 0) is 44.8 Å². The molecule has 176 valence electrons. The molecule has 0 aliphatic heterocycles. The average Bonchev–Trinajstić information content (AvgIpc) is 2.82. The smallest absolute Gasteiger partial charge is 0.207 e. The number of alkyl halides is 3. The van der Waals surface area contributed by atoms with Crippen molar-refractivity contribution in [1.82, 2.24) is 0 Å². The van der Waals surface area contributed by atoms with Crippen LogP contribution in [0.1, 0.15) is 5.56 Å². The molecule has 5 rings (SSSR count). The van der Waals surface area contributed by atoms with Gasteiger partial charge in [0.2, 0.25) is 0 Å². The molecule has 5 aromatic rings. The fraction of sp³-hybridized carbons (Fsp3) is 0.0370. The van der Waals surface area contributed by atoms with Gasteiger partial charge in [-0.3, -0.25) is 0 Å². The second-order valence-corrected chi connectivity index (χ2v) is 7.86. The summed E-state index contributed by atoms with van der Waals surface area (Å²) in [5, 5.41) is 0.623. The average molecular weight is 488 g/mol. The molecule has 5 aromatic carbocycles. The number of halogens is 8. The van der Waals surface area contributed by atoms with Crippen LogP contribution in [0.15, 0.2) is 72.8 Å². The highest BCUT2D eigenvalue weighted by molar-refractivity contribution is 6.21. The van der Waals surface area contributed by atoms with Gasteiger partial charge in [-0.2, -0.15) is 13.2 Å². The molecule has 0 saturated carbocycles. The SMILES string of the molecule is Fc1ccc2c(-c3c(F)c(F)c(C(F)(F)F)c(F)c3F)c3ccccc3c(-c3ccccc3)c2c1. The van der Waals surface area contributed by atoms with Gasteiger partial charge in [0, 0.05) is 5.56 Å². The van der Waals surface area contributed by atoms with Crippen LogP contribution in [-0.4, -0.2) is 0 Å². The van der Waals surface area contributed by atoms with Crippen LogP contribution in [0.3, 0.4) is 0 Å². The summed E-state index contributed by atoms with van der Waals surface area (Å²) in [6, 6.07) is 18.0. The van der Waals surface area contributed by atoms with Gasteiger partial charge in [0.15, 0.2) is 23.3 Å². The molecule has 0 atom stereocenters. The molecule has 0 spiro atoms. The number of rotatable bonds is 2. The summed E-state index contributed by atoms with van der Waals surface area (Å²) in [4.78, 5) is 0. The molecule has 0 heterocycles. The summed E-state index contributed by atoms with van der Waals surface area (Å²) in [7, 11) is 0. The molecule has 0 fully saturated rings. The first-order valence-electron chi connectivity index (χ1n) is 10.2. The third kappa shape index (κ3) is 3.51. The summed E-state index contributed by atoms with van der Waals surface area (Å²) in [6.07, 6.45) is -5.67. The van der Waals surface area contributed by atoms with Crippen molar-refractivity contribution in [1.29, 1.82) is 0 Å². The van der Waals surface area contributed by atoms with Crippen LogP contribution in [0.5, 0.6) is 0 Å². The molecule has 0 aliphatic rings. The van der Waals surface area contributed by atoms with Gasteiger partial charge >= 0.3 is 6.18 Å². The maximum absolute atomic E-state index is 15.1. The number of hydrogen-bond donors (Lipinski definition) is 0. The molecule has 0 bridgehead atoms. The first-order chi connectivity index (χ1) is 16.6. The summed E-state index contributed by atoms with van der Waals surface area (Å²) in [6.45, 7) is 0. The largest absolute Gasteiger partial charge is 0.422 e. The van der Waals surface area contributed by atoms with E-state index in [1.54, 1.807) is 42.5 Å². The van der Waals surface area contributed by atoms with Crippen LogP contribution in [-0.2, 0) is 6.18 Å². The molecule has 0 nitrogen and oxygen atoms in total. The highest BCUT2D eigenvalue weighted by Gasteiger charge is 2.42. The van der Waals surface area contributed by atoms with Crippen molar-refractivity contribution < 1.29 is 35.1 Å². The standard InChI is InChI=1S/C27H12F8/c28-14-10-11-17-18(12-14)19(13-6-2-1-3-7-13)15-8-4-5-9-16(15)20(17)21-23(29)25(31)22(27(33,34)35)26(32)24(21)30/h1-12H. The lowest BCUT2D eigenvalue weighted by Gasteiger charge is -2.20. The maximum Gasteiger partial charge on any atom is 0.422 e. The molecular formula is C27H12F8. The van der Waals surface area contributed by atoms with E-state index in [-0.39, 0.29) is 16.2 Å². The van der Waals surface area contributed by atoms with Crippen molar-refractivity contribution in [3.8, 4) is 22.3 Å². The minimum absolute atomic E-state index is 0.000289. The zero-order valence-corrected chi connectivity index (χ0v) is 17.5. The van der Waals surface area contributed by atoms with Crippen molar-refractivity contribution in [2.45, 2.75) is 6.18 Å². The molecule has 0 saturated heterocycles. The minimum Gasteiger partial charge on any atom is -0.207 e. The lowest BCUT2D eigenvalue weighted by atomic mass is 9.85. The predicted molar refractivity (Wildman–Crippen MR) is 117 cm³/mol.